The first-order valence-electron chi connectivity index (χ1n) is 6.18. The average molecular weight is 287 g/mol. The lowest BCUT2D eigenvalue weighted by molar-refractivity contribution is -0.384. The number of nitro groups is 1. The van der Waals surface area contributed by atoms with Crippen molar-refractivity contribution >= 4 is 11.7 Å². The fraction of sp³-hybridized carbons (Fsp3) is 0.133. The van der Waals surface area contributed by atoms with Crippen molar-refractivity contribution in [3.05, 3.63) is 69.8 Å². The van der Waals surface area contributed by atoms with Crippen LogP contribution in [0.2, 0.25) is 0 Å². The fourth-order valence-corrected chi connectivity index (χ4v) is 1.90. The van der Waals surface area contributed by atoms with E-state index in [0.29, 0.717) is 16.9 Å². The van der Waals surface area contributed by atoms with Crippen LogP contribution in [0.5, 0.6) is 5.75 Å². The van der Waals surface area contributed by atoms with E-state index >= 15 is 0 Å². The number of aryl methyl sites for hydroxylation is 1. The second-order valence-electron chi connectivity index (χ2n) is 4.45. The zero-order chi connectivity index (χ0) is 15.4. The van der Waals surface area contributed by atoms with Crippen molar-refractivity contribution in [3.63, 3.8) is 0 Å². The first kappa shape index (κ1) is 14.5. The molecule has 0 aliphatic heterocycles. The number of benzene rings is 2. The van der Waals surface area contributed by atoms with Crippen molar-refractivity contribution in [2.75, 3.05) is 0 Å². The molecule has 0 heterocycles. The van der Waals surface area contributed by atoms with Crippen LogP contribution in [0.3, 0.4) is 0 Å². The van der Waals surface area contributed by atoms with E-state index in [9.17, 15) is 20.0 Å². The molecule has 0 saturated heterocycles. The molecule has 0 aliphatic rings. The van der Waals surface area contributed by atoms with E-state index in [2.05, 4.69) is 0 Å². The summed E-state index contributed by atoms with van der Waals surface area (Å²) in [5.74, 6) is -0.823. The Hall–Kier alpha value is -2.89. The molecule has 0 aliphatic carbocycles. The molecule has 0 saturated carbocycles. The van der Waals surface area contributed by atoms with Gasteiger partial charge in [-0.25, -0.2) is 4.79 Å². The van der Waals surface area contributed by atoms with Crippen molar-refractivity contribution in [3.8, 4) is 5.75 Å². The quantitative estimate of drug-likeness (QED) is 0.674. The highest BCUT2D eigenvalue weighted by atomic mass is 16.6. The Balaban J connectivity index is 2.30. The molecule has 6 nitrogen and oxygen atoms in total. The van der Waals surface area contributed by atoms with Crippen LogP contribution in [0.1, 0.15) is 17.2 Å². The van der Waals surface area contributed by atoms with Crippen molar-refractivity contribution in [2.24, 2.45) is 0 Å². The highest BCUT2D eigenvalue weighted by molar-refractivity contribution is 5.75. The summed E-state index contributed by atoms with van der Waals surface area (Å²) in [6.07, 6.45) is -1.16. The van der Waals surface area contributed by atoms with Gasteiger partial charge in [0, 0.05) is 17.7 Å². The largest absolute Gasteiger partial charge is 0.478 e. The number of nitro benzene ring substituents is 1. The lowest BCUT2D eigenvalue weighted by atomic mass is 10.1. The topological polar surface area (TPSA) is 89.7 Å². The summed E-state index contributed by atoms with van der Waals surface area (Å²) in [4.78, 5) is 21.5. The Labute approximate surface area is 120 Å². The van der Waals surface area contributed by atoms with Crippen LogP contribution < -0.4 is 4.74 Å². The maximum absolute atomic E-state index is 11.4. The van der Waals surface area contributed by atoms with Gasteiger partial charge in [0.1, 0.15) is 5.75 Å². The molecule has 1 unspecified atom stereocenters. The smallest absolute Gasteiger partial charge is 0.349 e. The Morgan fingerprint density at radius 1 is 1.24 bits per heavy atom. The molecule has 108 valence electrons. The summed E-state index contributed by atoms with van der Waals surface area (Å²) >= 11 is 0. The number of aliphatic carboxylic acids is 1. The lowest BCUT2D eigenvalue weighted by Gasteiger charge is -2.16. The second-order valence-corrected chi connectivity index (χ2v) is 4.45. The van der Waals surface area contributed by atoms with Gasteiger partial charge in [-0.1, -0.05) is 30.3 Å². The minimum atomic E-state index is -1.16. The molecule has 0 radical (unpaired) electrons. The maximum atomic E-state index is 11.4. The highest BCUT2D eigenvalue weighted by Gasteiger charge is 2.22. The van der Waals surface area contributed by atoms with Gasteiger partial charge in [-0.2, -0.15) is 0 Å². The summed E-state index contributed by atoms with van der Waals surface area (Å²) in [7, 11) is 0. The minimum absolute atomic E-state index is 0.0635. The number of hydrogen-bond donors (Lipinski definition) is 1. The molecule has 2 aromatic carbocycles. The van der Waals surface area contributed by atoms with Gasteiger partial charge in [-0.3, -0.25) is 10.1 Å². The van der Waals surface area contributed by atoms with Gasteiger partial charge in [0.25, 0.3) is 5.69 Å². The van der Waals surface area contributed by atoms with Crippen LogP contribution >= 0.6 is 0 Å². The van der Waals surface area contributed by atoms with E-state index in [1.54, 1.807) is 37.3 Å². The molecule has 1 N–H and O–H groups in total. The van der Waals surface area contributed by atoms with E-state index in [4.69, 9.17) is 4.74 Å². The molecular weight excluding hydrogens is 274 g/mol. The normalized spacial score (nSPS) is 11.7. The Kier molecular flexibility index (Phi) is 4.18. The third-order valence-electron chi connectivity index (χ3n) is 2.94. The van der Waals surface area contributed by atoms with E-state index in [1.807, 2.05) is 0 Å². The van der Waals surface area contributed by atoms with Gasteiger partial charge in [0.2, 0.25) is 6.10 Å². The molecule has 0 fully saturated rings. The molecule has 0 amide bonds. The van der Waals surface area contributed by atoms with Crippen molar-refractivity contribution < 1.29 is 19.6 Å². The molecular formula is C15H13NO5. The van der Waals surface area contributed by atoms with E-state index in [0.717, 1.165) is 0 Å². The Bertz CT molecular complexity index is 669. The van der Waals surface area contributed by atoms with Crippen LogP contribution in [0, 0.1) is 17.0 Å². The molecule has 0 aromatic heterocycles. The van der Waals surface area contributed by atoms with Gasteiger partial charge < -0.3 is 9.84 Å². The molecule has 2 rings (SSSR count). The van der Waals surface area contributed by atoms with E-state index < -0.39 is 17.0 Å². The summed E-state index contributed by atoms with van der Waals surface area (Å²) in [6.45, 7) is 1.63. The number of non-ortho nitro benzene ring substituents is 1. The third kappa shape index (κ3) is 3.36. The van der Waals surface area contributed by atoms with Crippen molar-refractivity contribution in [1.29, 1.82) is 0 Å². The second kappa shape index (κ2) is 6.04. The average Bonchev–Trinajstić information content (AvgIpc) is 2.46. The molecule has 1 atom stereocenters. The summed E-state index contributed by atoms with van der Waals surface area (Å²) in [6, 6.07) is 12.6. The van der Waals surface area contributed by atoms with Gasteiger partial charge in [0.15, 0.2) is 0 Å². The van der Waals surface area contributed by atoms with Crippen molar-refractivity contribution in [2.45, 2.75) is 13.0 Å². The zero-order valence-electron chi connectivity index (χ0n) is 11.2. The number of carbonyl (C=O) groups is 1. The highest BCUT2D eigenvalue weighted by Crippen LogP contribution is 2.28. The maximum Gasteiger partial charge on any atom is 0.349 e. The number of carboxylic acids is 1. The number of carboxylic acid groups (broad SMARTS) is 1. The molecule has 6 heteroatoms. The van der Waals surface area contributed by atoms with Crippen LogP contribution in [0.25, 0.3) is 0 Å². The predicted molar refractivity (Wildman–Crippen MR) is 75.3 cm³/mol. The van der Waals surface area contributed by atoms with Crippen LogP contribution in [-0.4, -0.2) is 16.0 Å². The first-order valence-corrected chi connectivity index (χ1v) is 6.18. The summed E-state index contributed by atoms with van der Waals surface area (Å²) in [5, 5.41) is 20.0. The number of ether oxygens (including phenoxy) is 1. The van der Waals surface area contributed by atoms with Gasteiger partial charge >= 0.3 is 5.97 Å². The first-order chi connectivity index (χ1) is 9.99. The number of hydrogen-bond acceptors (Lipinski definition) is 4. The zero-order valence-corrected chi connectivity index (χ0v) is 11.2. The number of nitrogens with zero attached hydrogens (tertiary/aromatic N) is 1. The molecule has 21 heavy (non-hydrogen) atoms. The predicted octanol–water partition coefficient (Wildman–Crippen LogP) is 3.11. The van der Waals surface area contributed by atoms with Gasteiger partial charge in [-0.05, 0) is 18.6 Å². The molecule has 0 spiro atoms. The van der Waals surface area contributed by atoms with Gasteiger partial charge in [-0.15, -0.1) is 0 Å². The summed E-state index contributed by atoms with van der Waals surface area (Å²) < 4.78 is 5.51. The lowest BCUT2D eigenvalue weighted by Crippen LogP contribution is -2.18. The van der Waals surface area contributed by atoms with Crippen LogP contribution in [0.15, 0.2) is 48.5 Å². The number of rotatable bonds is 5. The fourth-order valence-electron chi connectivity index (χ4n) is 1.90. The molecule has 2 aromatic rings. The SMILES string of the molecule is Cc1cc([N+](=O)[O-])ccc1OC(C(=O)O)c1ccccc1. The van der Waals surface area contributed by atoms with Crippen molar-refractivity contribution in [1.82, 2.24) is 0 Å². The Morgan fingerprint density at radius 3 is 2.43 bits per heavy atom. The van der Waals surface area contributed by atoms with Gasteiger partial charge in [0.05, 0.1) is 4.92 Å². The molecule has 0 bridgehead atoms. The third-order valence-corrected chi connectivity index (χ3v) is 2.94. The van der Waals surface area contributed by atoms with Crippen LogP contribution in [0.4, 0.5) is 5.69 Å². The summed E-state index contributed by atoms with van der Waals surface area (Å²) in [5.41, 5.74) is 0.945. The van der Waals surface area contributed by atoms with E-state index in [-0.39, 0.29) is 5.69 Å². The minimum Gasteiger partial charge on any atom is -0.478 e. The van der Waals surface area contributed by atoms with E-state index in [1.165, 1.54) is 18.2 Å². The Morgan fingerprint density at radius 2 is 1.90 bits per heavy atom. The van der Waals surface area contributed by atoms with Crippen LogP contribution in [-0.2, 0) is 4.79 Å². The monoisotopic (exact) mass is 287 g/mol. The standard InChI is InChI=1S/C15H13NO5/c1-10-9-12(16(19)20)7-8-13(10)21-14(15(17)18)11-5-3-2-4-6-11/h2-9,14H,1H3,(H,17,18).